The molecular formula is C23H19ClFN3O4S. The second-order valence-corrected chi connectivity index (χ2v) is 9.59. The minimum Gasteiger partial charge on any atom is -0.349 e. The molecule has 0 aliphatic heterocycles. The van der Waals surface area contributed by atoms with Gasteiger partial charge in [0.1, 0.15) is 5.82 Å². The van der Waals surface area contributed by atoms with Crippen LogP contribution in [0.2, 0.25) is 5.02 Å². The highest BCUT2D eigenvalue weighted by molar-refractivity contribution is 7.92. The van der Waals surface area contributed by atoms with E-state index in [9.17, 15) is 22.4 Å². The van der Waals surface area contributed by atoms with E-state index in [1.165, 1.54) is 18.2 Å². The number of rotatable bonds is 7. The molecule has 170 valence electrons. The predicted molar refractivity (Wildman–Crippen MR) is 124 cm³/mol. The maximum atomic E-state index is 13.1. The Morgan fingerprint density at radius 1 is 0.909 bits per heavy atom. The van der Waals surface area contributed by atoms with Gasteiger partial charge in [0.2, 0.25) is 0 Å². The number of benzene rings is 3. The Hall–Kier alpha value is -3.43. The zero-order chi connectivity index (χ0) is 23.6. The summed E-state index contributed by atoms with van der Waals surface area (Å²) in [7, 11) is -4.06. The SMILES string of the molecule is O=C(Nc1ccccc1C(=O)NC1CC1)c1ccc(Cl)c(NS(=O)(=O)c2ccc(F)cc2)c1. The fourth-order valence-corrected chi connectivity index (χ4v) is 4.33. The van der Waals surface area contributed by atoms with E-state index >= 15 is 0 Å². The van der Waals surface area contributed by atoms with E-state index in [0.717, 1.165) is 37.1 Å². The Balaban J connectivity index is 1.55. The lowest BCUT2D eigenvalue weighted by Gasteiger charge is -2.13. The maximum Gasteiger partial charge on any atom is 0.261 e. The molecule has 1 fully saturated rings. The summed E-state index contributed by atoms with van der Waals surface area (Å²) in [6.07, 6.45) is 1.86. The Bertz CT molecular complexity index is 1330. The van der Waals surface area contributed by atoms with Crippen LogP contribution in [0.1, 0.15) is 33.6 Å². The fourth-order valence-electron chi connectivity index (χ4n) is 3.04. The molecule has 0 aromatic heterocycles. The quantitative estimate of drug-likeness (QED) is 0.458. The van der Waals surface area contributed by atoms with Gasteiger partial charge in [0, 0.05) is 11.6 Å². The normalized spacial score (nSPS) is 13.3. The third-order valence-electron chi connectivity index (χ3n) is 4.93. The van der Waals surface area contributed by atoms with Crippen LogP contribution in [0, 0.1) is 5.82 Å². The maximum absolute atomic E-state index is 13.1. The smallest absolute Gasteiger partial charge is 0.261 e. The Labute approximate surface area is 195 Å². The molecule has 0 atom stereocenters. The van der Waals surface area contributed by atoms with E-state index in [0.29, 0.717) is 11.3 Å². The van der Waals surface area contributed by atoms with Crippen LogP contribution in [0.5, 0.6) is 0 Å². The second kappa shape index (κ2) is 9.21. The number of amides is 2. The number of hydrogen-bond acceptors (Lipinski definition) is 4. The molecule has 0 unspecified atom stereocenters. The lowest BCUT2D eigenvalue weighted by atomic mass is 10.1. The number of halogens is 2. The van der Waals surface area contributed by atoms with E-state index in [-0.39, 0.29) is 33.1 Å². The molecule has 3 N–H and O–H groups in total. The molecule has 1 saturated carbocycles. The predicted octanol–water partition coefficient (Wildman–Crippen LogP) is 4.42. The summed E-state index contributed by atoms with van der Waals surface area (Å²) in [5, 5.41) is 5.63. The molecule has 0 radical (unpaired) electrons. The van der Waals surface area contributed by atoms with Crippen molar-refractivity contribution >= 4 is 44.8 Å². The number of para-hydroxylation sites is 1. The molecule has 3 aromatic carbocycles. The van der Waals surface area contributed by atoms with Crippen molar-refractivity contribution in [2.75, 3.05) is 10.0 Å². The van der Waals surface area contributed by atoms with Gasteiger partial charge in [0.25, 0.3) is 21.8 Å². The van der Waals surface area contributed by atoms with Gasteiger partial charge in [-0.2, -0.15) is 0 Å². The first kappa shape index (κ1) is 22.8. The molecule has 1 aliphatic carbocycles. The third kappa shape index (κ3) is 5.50. The minimum absolute atomic E-state index is 0.0200. The molecule has 10 heteroatoms. The van der Waals surface area contributed by atoms with Crippen molar-refractivity contribution in [2.45, 2.75) is 23.8 Å². The number of anilines is 2. The van der Waals surface area contributed by atoms with Crippen LogP contribution in [0.15, 0.2) is 71.6 Å². The largest absolute Gasteiger partial charge is 0.349 e. The molecule has 2 amide bonds. The van der Waals surface area contributed by atoms with Crippen LogP contribution in [-0.4, -0.2) is 26.3 Å². The van der Waals surface area contributed by atoms with Crippen LogP contribution < -0.4 is 15.4 Å². The van der Waals surface area contributed by atoms with Gasteiger partial charge in [-0.3, -0.25) is 14.3 Å². The fraction of sp³-hybridized carbons (Fsp3) is 0.130. The summed E-state index contributed by atoms with van der Waals surface area (Å²) in [5.74, 6) is -1.41. The van der Waals surface area contributed by atoms with Gasteiger partial charge >= 0.3 is 0 Å². The van der Waals surface area contributed by atoms with Crippen molar-refractivity contribution in [1.82, 2.24) is 5.32 Å². The average Bonchev–Trinajstić information content (AvgIpc) is 3.59. The third-order valence-corrected chi connectivity index (χ3v) is 6.64. The lowest BCUT2D eigenvalue weighted by Crippen LogP contribution is -2.27. The second-order valence-electron chi connectivity index (χ2n) is 7.50. The summed E-state index contributed by atoms with van der Waals surface area (Å²) >= 11 is 6.13. The van der Waals surface area contributed by atoms with Crippen LogP contribution in [0.25, 0.3) is 0 Å². The highest BCUT2D eigenvalue weighted by Gasteiger charge is 2.25. The van der Waals surface area contributed by atoms with Gasteiger partial charge in [0.15, 0.2) is 0 Å². The summed E-state index contributed by atoms with van der Waals surface area (Å²) < 4.78 is 40.7. The molecule has 0 bridgehead atoms. The molecule has 0 heterocycles. The van der Waals surface area contributed by atoms with Crippen LogP contribution in [0.3, 0.4) is 0 Å². The molecule has 0 saturated heterocycles. The zero-order valence-corrected chi connectivity index (χ0v) is 18.7. The number of nitrogens with one attached hydrogen (secondary N) is 3. The van der Waals surface area contributed by atoms with Crippen molar-refractivity contribution in [3.63, 3.8) is 0 Å². The summed E-state index contributed by atoms with van der Waals surface area (Å²) in [5.41, 5.74) is 0.745. The van der Waals surface area contributed by atoms with Crippen molar-refractivity contribution in [1.29, 1.82) is 0 Å². The summed E-state index contributed by atoms with van der Waals surface area (Å²) in [6.45, 7) is 0. The lowest BCUT2D eigenvalue weighted by molar-refractivity contribution is 0.0952. The molecule has 0 spiro atoms. The molecule has 7 nitrogen and oxygen atoms in total. The first-order valence-electron chi connectivity index (χ1n) is 10.0. The molecule has 1 aliphatic rings. The zero-order valence-electron chi connectivity index (χ0n) is 17.1. The van der Waals surface area contributed by atoms with E-state index < -0.39 is 21.7 Å². The highest BCUT2D eigenvalue weighted by atomic mass is 35.5. The van der Waals surface area contributed by atoms with E-state index in [1.54, 1.807) is 24.3 Å². The van der Waals surface area contributed by atoms with Crippen molar-refractivity contribution < 1.29 is 22.4 Å². The van der Waals surface area contributed by atoms with Gasteiger partial charge in [-0.05, 0) is 67.4 Å². The number of hydrogen-bond donors (Lipinski definition) is 3. The Morgan fingerprint density at radius 3 is 2.30 bits per heavy atom. The first-order chi connectivity index (χ1) is 15.7. The van der Waals surface area contributed by atoms with E-state index in [1.807, 2.05) is 0 Å². The van der Waals surface area contributed by atoms with Crippen LogP contribution in [-0.2, 0) is 10.0 Å². The highest BCUT2D eigenvalue weighted by Crippen LogP contribution is 2.27. The number of carbonyl (C=O) groups is 2. The first-order valence-corrected chi connectivity index (χ1v) is 11.9. The topological polar surface area (TPSA) is 104 Å². The van der Waals surface area contributed by atoms with Gasteiger partial charge in [0.05, 0.1) is 26.9 Å². The Kier molecular flexibility index (Phi) is 6.35. The molecule has 4 rings (SSSR count). The standard InChI is InChI=1S/C23H19ClFN3O4S/c24-19-12-5-14(13-21(19)28-33(31,32)17-10-6-15(25)7-11-17)22(29)27-20-4-2-1-3-18(20)23(30)26-16-8-9-16/h1-7,10-13,16,28H,8-9H2,(H,26,30)(H,27,29). The number of sulfonamides is 1. The van der Waals surface area contributed by atoms with Crippen LogP contribution >= 0.6 is 11.6 Å². The average molecular weight is 488 g/mol. The monoisotopic (exact) mass is 487 g/mol. The number of carbonyl (C=O) groups excluding carboxylic acids is 2. The molecule has 3 aromatic rings. The van der Waals surface area contributed by atoms with E-state index in [2.05, 4.69) is 15.4 Å². The minimum atomic E-state index is -4.06. The van der Waals surface area contributed by atoms with Crippen molar-refractivity contribution in [3.05, 3.63) is 88.7 Å². The van der Waals surface area contributed by atoms with Crippen molar-refractivity contribution in [2.24, 2.45) is 0 Å². The van der Waals surface area contributed by atoms with Gasteiger partial charge in [-0.15, -0.1) is 0 Å². The Morgan fingerprint density at radius 2 is 1.61 bits per heavy atom. The summed E-state index contributed by atoms with van der Waals surface area (Å²) in [6, 6.07) is 15.1. The van der Waals surface area contributed by atoms with Gasteiger partial charge in [-0.25, -0.2) is 12.8 Å². The van der Waals surface area contributed by atoms with E-state index in [4.69, 9.17) is 11.6 Å². The van der Waals surface area contributed by atoms with Gasteiger partial charge < -0.3 is 10.6 Å². The van der Waals surface area contributed by atoms with Crippen molar-refractivity contribution in [3.8, 4) is 0 Å². The molecule has 33 heavy (non-hydrogen) atoms. The summed E-state index contributed by atoms with van der Waals surface area (Å²) in [4.78, 5) is 25.2. The van der Waals surface area contributed by atoms with Gasteiger partial charge in [-0.1, -0.05) is 23.7 Å². The molecular weight excluding hydrogens is 469 g/mol. The van der Waals surface area contributed by atoms with Crippen LogP contribution in [0.4, 0.5) is 15.8 Å².